The lowest BCUT2D eigenvalue weighted by Gasteiger charge is -2.13. The topological polar surface area (TPSA) is 20.2 Å². The molecule has 0 saturated heterocycles. The number of hydrogen-bond donors (Lipinski definition) is 1. The Kier molecular flexibility index (Phi) is 3.59. The summed E-state index contributed by atoms with van der Waals surface area (Å²) >= 11 is 5.50. The predicted octanol–water partition coefficient (Wildman–Crippen LogP) is 3.84. The number of rotatable bonds is 2. The minimum atomic E-state index is -1.45. The van der Waals surface area contributed by atoms with E-state index in [4.69, 9.17) is 11.6 Å². The van der Waals surface area contributed by atoms with Crippen LogP contribution in [-0.2, 0) is 0 Å². The molecule has 0 aliphatic carbocycles. The minimum absolute atomic E-state index is 0.0985. The highest BCUT2D eigenvalue weighted by molar-refractivity contribution is 6.30. The van der Waals surface area contributed by atoms with Gasteiger partial charge in [0.05, 0.1) is 5.02 Å². The lowest BCUT2D eigenvalue weighted by Crippen LogP contribution is -2.03. The lowest BCUT2D eigenvalue weighted by atomic mass is 10.0. The van der Waals surface area contributed by atoms with Crippen molar-refractivity contribution in [3.05, 3.63) is 70.0 Å². The minimum Gasteiger partial charge on any atom is -0.384 e. The molecule has 0 amide bonds. The van der Waals surface area contributed by atoms with Crippen LogP contribution in [0.1, 0.15) is 17.2 Å². The van der Waals surface area contributed by atoms with Crippen LogP contribution in [-0.4, -0.2) is 5.11 Å². The summed E-state index contributed by atoms with van der Waals surface area (Å²) in [5, 5.41) is 9.79. The fraction of sp³-hybridized carbons (Fsp3) is 0.0769. The van der Waals surface area contributed by atoms with Gasteiger partial charge in [-0.15, -0.1) is 0 Å². The summed E-state index contributed by atoms with van der Waals surface area (Å²) in [6.07, 6.45) is -1.45. The second-order valence-corrected chi connectivity index (χ2v) is 4.15. The molecule has 1 unspecified atom stereocenters. The molecule has 5 heteroatoms. The van der Waals surface area contributed by atoms with E-state index in [0.29, 0.717) is 0 Å². The molecule has 2 rings (SSSR count). The van der Waals surface area contributed by atoms with E-state index in [1.54, 1.807) is 0 Å². The Labute approximate surface area is 106 Å². The maximum Gasteiger partial charge on any atom is 0.142 e. The summed E-state index contributed by atoms with van der Waals surface area (Å²) in [7, 11) is 0. The number of aliphatic hydroxyl groups is 1. The van der Waals surface area contributed by atoms with Crippen LogP contribution >= 0.6 is 11.6 Å². The van der Waals surface area contributed by atoms with Crippen LogP contribution in [0, 0.1) is 17.5 Å². The first-order valence-electron chi connectivity index (χ1n) is 5.07. The van der Waals surface area contributed by atoms with Crippen LogP contribution in [0.3, 0.4) is 0 Å². The molecular formula is C13H8ClF3O. The second kappa shape index (κ2) is 5.00. The van der Waals surface area contributed by atoms with Crippen molar-refractivity contribution < 1.29 is 18.3 Å². The Morgan fingerprint density at radius 2 is 1.67 bits per heavy atom. The summed E-state index contributed by atoms with van der Waals surface area (Å²) in [6.45, 7) is 0. The van der Waals surface area contributed by atoms with E-state index in [2.05, 4.69) is 0 Å². The first-order valence-corrected chi connectivity index (χ1v) is 5.45. The van der Waals surface area contributed by atoms with Crippen molar-refractivity contribution in [1.82, 2.24) is 0 Å². The van der Waals surface area contributed by atoms with Crippen LogP contribution in [0.2, 0.25) is 5.02 Å². The molecule has 0 aliphatic heterocycles. The highest BCUT2D eigenvalue weighted by Crippen LogP contribution is 2.27. The van der Waals surface area contributed by atoms with Crippen molar-refractivity contribution in [3.8, 4) is 0 Å². The molecule has 1 atom stereocenters. The number of benzene rings is 2. The fourth-order valence-corrected chi connectivity index (χ4v) is 1.70. The van der Waals surface area contributed by atoms with Gasteiger partial charge >= 0.3 is 0 Å². The molecule has 18 heavy (non-hydrogen) atoms. The quantitative estimate of drug-likeness (QED) is 0.881. The van der Waals surface area contributed by atoms with E-state index in [-0.39, 0.29) is 16.1 Å². The number of aliphatic hydroxyl groups excluding tert-OH is 1. The highest BCUT2D eigenvalue weighted by Gasteiger charge is 2.17. The van der Waals surface area contributed by atoms with Gasteiger partial charge in [0.2, 0.25) is 0 Å². The zero-order valence-corrected chi connectivity index (χ0v) is 9.76. The normalized spacial score (nSPS) is 12.5. The smallest absolute Gasteiger partial charge is 0.142 e. The third-order valence-electron chi connectivity index (χ3n) is 2.51. The first-order chi connectivity index (χ1) is 8.49. The Hall–Kier alpha value is -1.52. The molecule has 2 aromatic carbocycles. The fourth-order valence-electron chi connectivity index (χ4n) is 1.59. The van der Waals surface area contributed by atoms with Gasteiger partial charge < -0.3 is 5.11 Å². The maximum absolute atomic E-state index is 13.4. The van der Waals surface area contributed by atoms with Crippen LogP contribution < -0.4 is 0 Å². The van der Waals surface area contributed by atoms with Crippen molar-refractivity contribution >= 4 is 11.6 Å². The molecule has 0 aromatic heterocycles. The molecular weight excluding hydrogens is 265 g/mol. The predicted molar refractivity (Wildman–Crippen MR) is 61.8 cm³/mol. The molecule has 0 bridgehead atoms. The summed E-state index contributed by atoms with van der Waals surface area (Å²) in [5.41, 5.74) is -0.155. The number of halogens is 4. The van der Waals surface area contributed by atoms with Crippen LogP contribution in [0.25, 0.3) is 0 Å². The van der Waals surface area contributed by atoms with Crippen LogP contribution in [0.5, 0.6) is 0 Å². The first kappa shape index (κ1) is 12.9. The molecule has 0 radical (unpaired) electrons. The molecule has 1 N–H and O–H groups in total. The van der Waals surface area contributed by atoms with Crippen molar-refractivity contribution in [3.63, 3.8) is 0 Å². The van der Waals surface area contributed by atoms with Gasteiger partial charge in [0, 0.05) is 5.56 Å². The summed E-state index contributed by atoms with van der Waals surface area (Å²) < 4.78 is 39.7. The number of hydrogen-bond acceptors (Lipinski definition) is 1. The van der Waals surface area contributed by atoms with Gasteiger partial charge in [-0.05, 0) is 35.9 Å². The van der Waals surface area contributed by atoms with E-state index < -0.39 is 23.6 Å². The monoisotopic (exact) mass is 272 g/mol. The van der Waals surface area contributed by atoms with Gasteiger partial charge in [-0.25, -0.2) is 13.2 Å². The average molecular weight is 273 g/mol. The Balaban J connectivity index is 2.44. The maximum atomic E-state index is 13.4. The summed E-state index contributed by atoms with van der Waals surface area (Å²) in [4.78, 5) is 0. The molecule has 2 aromatic rings. The van der Waals surface area contributed by atoms with Gasteiger partial charge in [0.25, 0.3) is 0 Å². The van der Waals surface area contributed by atoms with Crippen LogP contribution in [0.4, 0.5) is 13.2 Å². The van der Waals surface area contributed by atoms with Crippen molar-refractivity contribution in [2.75, 3.05) is 0 Å². The SMILES string of the molecule is OC(c1ccc(Cl)c(F)c1)c1cc(F)ccc1F. The van der Waals surface area contributed by atoms with Gasteiger partial charge in [0.1, 0.15) is 23.6 Å². The van der Waals surface area contributed by atoms with Gasteiger partial charge in [-0.3, -0.25) is 0 Å². The van der Waals surface area contributed by atoms with Gasteiger partial charge in [0.15, 0.2) is 0 Å². The molecule has 0 saturated carbocycles. The molecule has 0 aliphatic rings. The molecule has 0 heterocycles. The van der Waals surface area contributed by atoms with E-state index in [9.17, 15) is 18.3 Å². The third-order valence-corrected chi connectivity index (χ3v) is 2.82. The summed E-state index contributed by atoms with van der Waals surface area (Å²) in [6, 6.07) is 6.28. The Bertz CT molecular complexity index is 586. The summed E-state index contributed by atoms with van der Waals surface area (Å²) in [5.74, 6) is -2.18. The zero-order valence-electron chi connectivity index (χ0n) is 9.00. The van der Waals surface area contributed by atoms with Crippen molar-refractivity contribution in [2.24, 2.45) is 0 Å². The van der Waals surface area contributed by atoms with Crippen LogP contribution in [0.15, 0.2) is 36.4 Å². The van der Waals surface area contributed by atoms with E-state index in [0.717, 1.165) is 24.3 Å². The lowest BCUT2D eigenvalue weighted by molar-refractivity contribution is 0.214. The Morgan fingerprint density at radius 1 is 0.944 bits per heavy atom. The van der Waals surface area contributed by atoms with Crippen molar-refractivity contribution in [2.45, 2.75) is 6.10 Å². The Morgan fingerprint density at radius 3 is 2.33 bits per heavy atom. The zero-order chi connectivity index (χ0) is 13.3. The second-order valence-electron chi connectivity index (χ2n) is 3.74. The molecule has 1 nitrogen and oxygen atoms in total. The molecule has 0 spiro atoms. The van der Waals surface area contributed by atoms with E-state index >= 15 is 0 Å². The standard InChI is InChI=1S/C13H8ClF3O/c14-10-3-1-7(5-12(10)17)13(18)9-6-8(15)2-4-11(9)16/h1-6,13,18H. The molecule has 94 valence electrons. The third kappa shape index (κ3) is 2.49. The van der Waals surface area contributed by atoms with E-state index in [1.807, 2.05) is 0 Å². The largest absolute Gasteiger partial charge is 0.384 e. The van der Waals surface area contributed by atoms with E-state index in [1.165, 1.54) is 12.1 Å². The highest BCUT2D eigenvalue weighted by atomic mass is 35.5. The van der Waals surface area contributed by atoms with Gasteiger partial charge in [-0.1, -0.05) is 17.7 Å². The average Bonchev–Trinajstić information content (AvgIpc) is 2.35. The van der Waals surface area contributed by atoms with Gasteiger partial charge in [-0.2, -0.15) is 0 Å². The van der Waals surface area contributed by atoms with Crippen molar-refractivity contribution in [1.29, 1.82) is 0 Å². The molecule has 0 fully saturated rings.